The number of nitrogens with zero attached hydrogens (tertiary/aromatic N) is 1. The molecule has 0 bridgehead atoms. The lowest BCUT2D eigenvalue weighted by Crippen LogP contribution is -2.42. The van der Waals surface area contributed by atoms with Crippen LogP contribution < -0.4 is 15.4 Å². The van der Waals surface area contributed by atoms with E-state index in [1.807, 2.05) is 24.3 Å². The van der Waals surface area contributed by atoms with E-state index >= 15 is 0 Å². The fourth-order valence-electron chi connectivity index (χ4n) is 2.83. The summed E-state index contributed by atoms with van der Waals surface area (Å²) in [6, 6.07) is 7.92. The van der Waals surface area contributed by atoms with Crippen LogP contribution >= 0.6 is 0 Å². The van der Waals surface area contributed by atoms with Crippen molar-refractivity contribution in [3.8, 4) is 5.75 Å². The molecule has 1 saturated heterocycles. The predicted octanol–water partition coefficient (Wildman–Crippen LogP) is 1.94. The van der Waals surface area contributed by atoms with Crippen molar-refractivity contribution in [2.24, 2.45) is 0 Å². The lowest BCUT2D eigenvalue weighted by Gasteiger charge is -2.18. The van der Waals surface area contributed by atoms with E-state index in [-0.39, 0.29) is 18.0 Å². The molecule has 0 aromatic heterocycles. The summed E-state index contributed by atoms with van der Waals surface area (Å²) in [6.07, 6.45) is 2.50. The Morgan fingerprint density at radius 2 is 2.12 bits per heavy atom. The molecule has 1 aliphatic rings. The largest absolute Gasteiger partial charge is 0.493 e. The van der Waals surface area contributed by atoms with Gasteiger partial charge < -0.3 is 20.3 Å². The molecule has 0 radical (unpaired) electrons. The number of urea groups is 1. The number of nitrogens with one attached hydrogen (secondary N) is 2. The van der Waals surface area contributed by atoms with Crippen LogP contribution in [0.3, 0.4) is 0 Å². The molecule has 6 nitrogen and oxygen atoms in total. The summed E-state index contributed by atoms with van der Waals surface area (Å²) >= 11 is 0. The average molecular weight is 333 g/mol. The van der Waals surface area contributed by atoms with Gasteiger partial charge in [-0.25, -0.2) is 4.79 Å². The maximum atomic E-state index is 12.2. The first kappa shape index (κ1) is 18.1. The Kier molecular flexibility index (Phi) is 6.90. The predicted molar refractivity (Wildman–Crippen MR) is 93.1 cm³/mol. The van der Waals surface area contributed by atoms with E-state index < -0.39 is 0 Å². The molecular weight excluding hydrogens is 306 g/mol. The highest BCUT2D eigenvalue weighted by molar-refractivity contribution is 5.75. The van der Waals surface area contributed by atoms with Crippen LogP contribution in [-0.2, 0) is 11.2 Å². The van der Waals surface area contributed by atoms with Crippen molar-refractivity contribution >= 4 is 11.9 Å². The van der Waals surface area contributed by atoms with Crippen molar-refractivity contribution in [1.29, 1.82) is 0 Å². The quantitative estimate of drug-likeness (QED) is 0.801. The minimum atomic E-state index is -0.0743. The van der Waals surface area contributed by atoms with Gasteiger partial charge in [-0.05, 0) is 30.9 Å². The van der Waals surface area contributed by atoms with Crippen molar-refractivity contribution in [2.45, 2.75) is 39.2 Å². The molecule has 1 aliphatic heterocycles. The average Bonchev–Trinajstić information content (AvgIpc) is 3.01. The smallest absolute Gasteiger partial charge is 0.317 e. The summed E-state index contributed by atoms with van der Waals surface area (Å²) in [5, 5.41) is 5.81. The van der Waals surface area contributed by atoms with Crippen LogP contribution in [0.5, 0.6) is 5.75 Å². The molecule has 1 aromatic carbocycles. The first-order valence-corrected chi connectivity index (χ1v) is 8.60. The molecule has 0 saturated carbocycles. The van der Waals surface area contributed by atoms with Crippen molar-refractivity contribution in [3.63, 3.8) is 0 Å². The third-order valence-electron chi connectivity index (χ3n) is 3.99. The minimum Gasteiger partial charge on any atom is -0.493 e. The van der Waals surface area contributed by atoms with Gasteiger partial charge in [-0.2, -0.15) is 0 Å². The summed E-state index contributed by atoms with van der Waals surface area (Å²) < 4.78 is 5.73. The van der Waals surface area contributed by atoms with Crippen LogP contribution in [0.2, 0.25) is 0 Å². The Bertz CT molecular complexity index is 562. The molecule has 2 N–H and O–H groups in total. The number of carbonyl (C=O) groups is 2. The molecule has 1 atom stereocenters. The molecule has 1 fully saturated rings. The van der Waals surface area contributed by atoms with Gasteiger partial charge in [0.15, 0.2) is 0 Å². The molecule has 24 heavy (non-hydrogen) atoms. The van der Waals surface area contributed by atoms with Crippen LogP contribution in [0.25, 0.3) is 0 Å². The van der Waals surface area contributed by atoms with Gasteiger partial charge in [0, 0.05) is 32.6 Å². The summed E-state index contributed by atoms with van der Waals surface area (Å²) in [4.78, 5) is 25.0. The van der Waals surface area contributed by atoms with E-state index in [1.54, 1.807) is 4.90 Å². The third-order valence-corrected chi connectivity index (χ3v) is 3.99. The van der Waals surface area contributed by atoms with Crippen LogP contribution in [0.4, 0.5) is 4.79 Å². The molecule has 3 amide bonds. The number of rotatable bonds is 7. The molecule has 1 heterocycles. The second-order valence-corrected chi connectivity index (χ2v) is 6.07. The normalized spacial score (nSPS) is 16.8. The van der Waals surface area contributed by atoms with Crippen LogP contribution in [0, 0.1) is 0 Å². The van der Waals surface area contributed by atoms with E-state index in [9.17, 15) is 9.59 Å². The highest BCUT2D eigenvalue weighted by Crippen LogP contribution is 2.18. The number of likely N-dealkylation sites (tertiary alicyclic amines) is 1. The summed E-state index contributed by atoms with van der Waals surface area (Å²) in [7, 11) is 0. The van der Waals surface area contributed by atoms with Crippen molar-refractivity contribution in [2.75, 3.05) is 26.2 Å². The number of benzene rings is 1. The van der Waals surface area contributed by atoms with E-state index in [0.29, 0.717) is 26.2 Å². The zero-order valence-electron chi connectivity index (χ0n) is 14.5. The summed E-state index contributed by atoms with van der Waals surface area (Å²) in [6.45, 7) is 6.08. The number of hydrogen-bond donors (Lipinski definition) is 2. The Labute approximate surface area is 143 Å². The number of ether oxygens (including phenoxy) is 1. The fourth-order valence-corrected chi connectivity index (χ4v) is 2.83. The van der Waals surface area contributed by atoms with Gasteiger partial charge in [-0.15, -0.1) is 0 Å². The van der Waals surface area contributed by atoms with Crippen molar-refractivity contribution < 1.29 is 14.3 Å². The van der Waals surface area contributed by atoms with E-state index in [4.69, 9.17) is 4.74 Å². The van der Waals surface area contributed by atoms with Gasteiger partial charge in [0.1, 0.15) is 5.75 Å². The van der Waals surface area contributed by atoms with E-state index in [1.165, 1.54) is 6.92 Å². The zero-order chi connectivity index (χ0) is 17.4. The number of hydrogen-bond acceptors (Lipinski definition) is 3. The molecule has 6 heteroatoms. The Morgan fingerprint density at radius 1 is 1.33 bits per heavy atom. The second kappa shape index (κ2) is 9.15. The second-order valence-electron chi connectivity index (χ2n) is 6.07. The molecule has 1 aromatic rings. The summed E-state index contributed by atoms with van der Waals surface area (Å²) in [5.74, 6) is 0.839. The topological polar surface area (TPSA) is 70.7 Å². The number of amides is 3. The fraction of sp³-hybridized carbons (Fsp3) is 0.556. The zero-order valence-corrected chi connectivity index (χ0v) is 14.5. The van der Waals surface area contributed by atoms with Crippen molar-refractivity contribution in [1.82, 2.24) is 15.5 Å². The first-order chi connectivity index (χ1) is 11.6. The molecule has 132 valence electrons. The third kappa shape index (κ3) is 5.44. The van der Waals surface area contributed by atoms with E-state index in [0.717, 1.165) is 30.6 Å². The highest BCUT2D eigenvalue weighted by atomic mass is 16.5. The molecule has 2 rings (SSSR count). The Balaban J connectivity index is 1.76. The number of para-hydroxylation sites is 1. The summed E-state index contributed by atoms with van der Waals surface area (Å²) in [5.41, 5.74) is 1.10. The molecular formula is C18H27N3O3. The monoisotopic (exact) mass is 333 g/mol. The van der Waals surface area contributed by atoms with Gasteiger partial charge in [-0.3, -0.25) is 4.79 Å². The van der Waals surface area contributed by atoms with Gasteiger partial charge in [0.2, 0.25) is 5.91 Å². The lowest BCUT2D eigenvalue weighted by atomic mass is 10.1. The highest BCUT2D eigenvalue weighted by Gasteiger charge is 2.26. The van der Waals surface area contributed by atoms with Gasteiger partial charge in [-0.1, -0.05) is 25.1 Å². The molecule has 0 spiro atoms. The number of carbonyl (C=O) groups excluding carboxylic acids is 2. The Hall–Kier alpha value is -2.24. The minimum absolute atomic E-state index is 0.0501. The first-order valence-electron chi connectivity index (χ1n) is 8.60. The maximum Gasteiger partial charge on any atom is 0.317 e. The van der Waals surface area contributed by atoms with Gasteiger partial charge >= 0.3 is 6.03 Å². The van der Waals surface area contributed by atoms with Crippen LogP contribution in [0.15, 0.2) is 24.3 Å². The molecule has 0 aliphatic carbocycles. The Morgan fingerprint density at radius 3 is 2.88 bits per heavy atom. The SMILES string of the molecule is CCCOc1ccccc1CCNC(=O)N1CC[C@@H](NC(C)=O)C1. The van der Waals surface area contributed by atoms with Gasteiger partial charge in [0.25, 0.3) is 0 Å². The van der Waals surface area contributed by atoms with Crippen LogP contribution in [-0.4, -0.2) is 49.1 Å². The lowest BCUT2D eigenvalue weighted by molar-refractivity contribution is -0.119. The van der Waals surface area contributed by atoms with Crippen molar-refractivity contribution in [3.05, 3.63) is 29.8 Å². The van der Waals surface area contributed by atoms with Crippen LogP contribution in [0.1, 0.15) is 32.3 Å². The maximum absolute atomic E-state index is 12.2. The van der Waals surface area contributed by atoms with E-state index in [2.05, 4.69) is 17.6 Å². The standard InChI is InChI=1S/C18H27N3O3/c1-3-12-24-17-7-5-4-6-15(17)8-10-19-18(23)21-11-9-16(13-21)20-14(2)22/h4-7,16H,3,8-13H2,1-2H3,(H,19,23)(H,20,22)/t16-/m1/s1. The van der Waals surface area contributed by atoms with Gasteiger partial charge in [0.05, 0.1) is 6.61 Å². The molecule has 0 unspecified atom stereocenters.